The lowest BCUT2D eigenvalue weighted by Crippen LogP contribution is -2.60. The molecule has 1 fully saturated rings. The lowest BCUT2D eigenvalue weighted by molar-refractivity contribution is -0.158. The number of fused-ring (bicyclic) bond motifs is 1. The minimum atomic E-state index is -0.818. The molecule has 1 saturated heterocycles. The van der Waals surface area contributed by atoms with E-state index in [1.807, 2.05) is 0 Å². The van der Waals surface area contributed by atoms with Gasteiger partial charge in [0.25, 0.3) is 0 Å². The first-order chi connectivity index (χ1) is 14.9. The summed E-state index contributed by atoms with van der Waals surface area (Å²) in [5.74, 6) is 5.19. The molecule has 3 heterocycles. The summed E-state index contributed by atoms with van der Waals surface area (Å²) in [7, 11) is 1.57. The Bertz CT molecular complexity index is 1020. The fraction of sp³-hybridized carbons (Fsp3) is 0.389. The first-order valence-corrected chi connectivity index (χ1v) is 11.1. The number of ether oxygens (including phenoxy) is 2. The summed E-state index contributed by atoms with van der Waals surface area (Å²) in [6, 6.07) is 7.13. The van der Waals surface area contributed by atoms with E-state index in [0.717, 1.165) is 10.4 Å². The predicted octanol–water partition coefficient (Wildman–Crippen LogP) is 0.355. The maximum absolute atomic E-state index is 12.9. The number of β-lactam (4-membered cyclic amide) rings is 1. The Morgan fingerprint density at radius 1 is 1.39 bits per heavy atom. The van der Waals surface area contributed by atoms with Crippen molar-refractivity contribution in [3.63, 3.8) is 0 Å². The average Bonchev–Trinajstić information content (AvgIpc) is 3.31. The molecule has 0 spiro atoms. The van der Waals surface area contributed by atoms with Crippen LogP contribution in [0.2, 0.25) is 0 Å². The molecule has 0 saturated carbocycles. The van der Waals surface area contributed by atoms with Crippen molar-refractivity contribution < 1.29 is 24.2 Å². The number of benzene rings is 1. The number of aromatic nitrogens is 4. The normalized spacial score (nSPS) is 21.0. The molecule has 0 aliphatic carbocycles. The van der Waals surface area contributed by atoms with Crippen LogP contribution in [0.15, 0.2) is 40.0 Å². The number of amides is 1. The number of carbonyl (C=O) groups excluding carboxylic acids is 2. The second-order valence-corrected chi connectivity index (χ2v) is 9.03. The zero-order valence-corrected chi connectivity index (χ0v) is 18.3. The first-order valence-electron chi connectivity index (χ1n) is 9.28. The molecule has 164 valence electrons. The van der Waals surface area contributed by atoms with Crippen molar-refractivity contribution in [3.05, 3.63) is 40.4 Å². The van der Waals surface area contributed by atoms with Gasteiger partial charge in [0.2, 0.25) is 11.1 Å². The van der Waals surface area contributed by atoms with Crippen molar-refractivity contribution >= 4 is 35.4 Å². The van der Waals surface area contributed by atoms with Crippen molar-refractivity contribution in [2.45, 2.75) is 30.2 Å². The molecular weight excluding hydrogens is 444 g/mol. The first kappa shape index (κ1) is 21.5. The predicted molar refractivity (Wildman–Crippen MR) is 112 cm³/mol. The van der Waals surface area contributed by atoms with Crippen LogP contribution in [0.5, 0.6) is 5.75 Å². The number of esters is 1. The molecule has 0 radical (unpaired) electrons. The number of methoxy groups -OCH3 is 1. The number of nitrogen functional groups attached to an aromatic ring is 1. The minimum Gasteiger partial charge on any atom is -0.497 e. The number of rotatable bonds is 8. The summed E-state index contributed by atoms with van der Waals surface area (Å²) in [5.41, 5.74) is 0.973. The van der Waals surface area contributed by atoms with E-state index < -0.39 is 18.0 Å². The molecule has 0 bridgehead atoms. The van der Waals surface area contributed by atoms with Gasteiger partial charge < -0.3 is 20.4 Å². The number of tetrazole rings is 1. The molecular formula is C18H20N6O5S2. The van der Waals surface area contributed by atoms with Gasteiger partial charge in [0.05, 0.1) is 19.1 Å². The van der Waals surface area contributed by atoms with E-state index in [4.69, 9.17) is 15.3 Å². The number of aliphatic hydroxyl groups is 1. The van der Waals surface area contributed by atoms with E-state index in [9.17, 15) is 14.7 Å². The van der Waals surface area contributed by atoms with Crippen LogP contribution >= 0.6 is 23.5 Å². The number of hydrogen-bond acceptors (Lipinski definition) is 11. The number of carbonyl (C=O) groups is 2. The summed E-state index contributed by atoms with van der Waals surface area (Å²) in [6.07, 6.45) is -0.818. The number of thioether (sulfide) groups is 2. The number of hydrogen-bond donors (Lipinski definition) is 2. The molecule has 1 unspecified atom stereocenters. The molecule has 2 aliphatic rings. The molecule has 31 heavy (non-hydrogen) atoms. The maximum atomic E-state index is 12.9. The van der Waals surface area contributed by atoms with Crippen LogP contribution in [0.3, 0.4) is 0 Å². The summed E-state index contributed by atoms with van der Waals surface area (Å²) in [5, 5.41) is 20.8. The standard InChI is InChI=1S/C18H20N6O5S2/c1-9(25)13-15(26)23-14(17(27)29-7-10-3-5-11(28-2)6-4-10)12(31-16(13)23)8-30-18-20-21-22-24(18)19/h3-6,9,13,16,25H,7-8,19H2,1-2H3/t9?,13-,16-/m1/s1. The Morgan fingerprint density at radius 2 is 2.13 bits per heavy atom. The number of nitrogens with zero attached hydrogens (tertiary/aromatic N) is 5. The third kappa shape index (κ3) is 4.07. The van der Waals surface area contributed by atoms with E-state index in [-0.39, 0.29) is 23.6 Å². The van der Waals surface area contributed by atoms with Gasteiger partial charge in [-0.15, -0.1) is 16.6 Å². The number of aliphatic hydroxyl groups excluding tert-OH is 1. The molecule has 11 nitrogen and oxygen atoms in total. The molecule has 3 N–H and O–H groups in total. The summed E-state index contributed by atoms with van der Waals surface area (Å²) < 4.78 is 10.6. The quantitative estimate of drug-likeness (QED) is 0.241. The summed E-state index contributed by atoms with van der Waals surface area (Å²) >= 11 is 2.59. The van der Waals surface area contributed by atoms with Gasteiger partial charge in [0, 0.05) is 10.7 Å². The second-order valence-electron chi connectivity index (χ2n) is 6.87. The monoisotopic (exact) mass is 464 g/mol. The van der Waals surface area contributed by atoms with Crippen LogP contribution < -0.4 is 10.6 Å². The average molecular weight is 465 g/mol. The highest BCUT2D eigenvalue weighted by Gasteiger charge is 2.57. The molecule has 4 rings (SSSR count). The van der Waals surface area contributed by atoms with E-state index in [0.29, 0.717) is 21.6 Å². The van der Waals surface area contributed by atoms with Gasteiger partial charge in [-0.3, -0.25) is 9.69 Å². The molecule has 13 heteroatoms. The van der Waals surface area contributed by atoms with Crippen molar-refractivity contribution in [2.24, 2.45) is 5.92 Å². The Labute approximate surface area is 185 Å². The minimum absolute atomic E-state index is 0.0466. The second kappa shape index (κ2) is 8.77. The van der Waals surface area contributed by atoms with E-state index in [1.54, 1.807) is 38.3 Å². The third-order valence-electron chi connectivity index (χ3n) is 4.89. The fourth-order valence-corrected chi connectivity index (χ4v) is 5.79. The Kier molecular flexibility index (Phi) is 6.07. The van der Waals surface area contributed by atoms with Crippen LogP contribution in [-0.4, -0.2) is 66.5 Å². The SMILES string of the molecule is COc1ccc(COC(=O)C2=C(CSc3nnnn3N)S[C@@H]3[C@H](C(C)O)C(=O)N23)cc1. The van der Waals surface area contributed by atoms with Crippen molar-refractivity contribution in [3.8, 4) is 5.75 Å². The highest BCUT2D eigenvalue weighted by atomic mass is 32.2. The van der Waals surface area contributed by atoms with Gasteiger partial charge in [-0.2, -0.15) is 0 Å². The van der Waals surface area contributed by atoms with Gasteiger partial charge in [-0.1, -0.05) is 29.0 Å². The zero-order valence-electron chi connectivity index (χ0n) is 16.7. The van der Waals surface area contributed by atoms with E-state index in [2.05, 4.69) is 15.5 Å². The van der Waals surface area contributed by atoms with Gasteiger partial charge in [-0.05, 0) is 35.0 Å². The number of nitrogens with two attached hydrogens (primary N) is 1. The van der Waals surface area contributed by atoms with Gasteiger partial charge in [-0.25, -0.2) is 4.79 Å². The third-order valence-corrected chi connectivity index (χ3v) is 7.40. The summed E-state index contributed by atoms with van der Waals surface area (Å²) in [6.45, 7) is 1.61. The Balaban J connectivity index is 1.51. The topological polar surface area (TPSA) is 146 Å². The smallest absolute Gasteiger partial charge is 0.356 e. The lowest BCUT2D eigenvalue weighted by Gasteiger charge is -2.43. The Morgan fingerprint density at radius 3 is 2.74 bits per heavy atom. The van der Waals surface area contributed by atoms with Crippen LogP contribution in [0.1, 0.15) is 12.5 Å². The highest BCUT2D eigenvalue weighted by molar-refractivity contribution is 8.06. The molecule has 1 aromatic heterocycles. The van der Waals surface area contributed by atoms with E-state index in [1.165, 1.54) is 28.4 Å². The molecule has 2 aromatic rings. The zero-order chi connectivity index (χ0) is 22.1. The maximum Gasteiger partial charge on any atom is 0.356 e. The molecule has 3 atom stereocenters. The van der Waals surface area contributed by atoms with Crippen molar-refractivity contribution in [1.82, 2.24) is 25.2 Å². The van der Waals surface area contributed by atoms with Gasteiger partial charge in [0.15, 0.2) is 0 Å². The largest absolute Gasteiger partial charge is 0.497 e. The molecule has 1 amide bonds. The van der Waals surface area contributed by atoms with Crippen molar-refractivity contribution in [1.29, 1.82) is 0 Å². The molecule has 2 aliphatic heterocycles. The lowest BCUT2D eigenvalue weighted by atomic mass is 9.92. The Hall–Kier alpha value is -2.77. The van der Waals surface area contributed by atoms with Crippen LogP contribution in [0.25, 0.3) is 0 Å². The van der Waals surface area contributed by atoms with Crippen molar-refractivity contribution in [2.75, 3.05) is 18.7 Å². The van der Waals surface area contributed by atoms with Gasteiger partial charge in [0.1, 0.15) is 23.4 Å². The van der Waals surface area contributed by atoms with E-state index >= 15 is 0 Å². The summed E-state index contributed by atoms with van der Waals surface area (Å²) in [4.78, 5) is 28.6. The fourth-order valence-electron chi connectivity index (χ4n) is 3.29. The van der Waals surface area contributed by atoms with Crippen LogP contribution in [-0.2, 0) is 20.9 Å². The van der Waals surface area contributed by atoms with Crippen LogP contribution in [0.4, 0.5) is 0 Å². The molecule has 1 aromatic carbocycles. The van der Waals surface area contributed by atoms with Gasteiger partial charge >= 0.3 is 5.97 Å². The van der Waals surface area contributed by atoms with Crippen LogP contribution in [0, 0.1) is 5.92 Å². The highest BCUT2D eigenvalue weighted by Crippen LogP contribution is 2.51.